The molecule has 1 aromatic rings. The van der Waals surface area contributed by atoms with Crippen molar-refractivity contribution in [3.8, 4) is 0 Å². The highest BCUT2D eigenvalue weighted by Crippen LogP contribution is 2.18. The summed E-state index contributed by atoms with van der Waals surface area (Å²) in [4.78, 5) is 53.1. The lowest BCUT2D eigenvalue weighted by atomic mass is 10.0. The van der Waals surface area contributed by atoms with E-state index in [9.17, 15) is 19.2 Å². The molecule has 9 heteroatoms. The molecule has 1 aliphatic heterocycles. The zero-order valence-corrected chi connectivity index (χ0v) is 17.0. The van der Waals surface area contributed by atoms with E-state index in [1.54, 1.807) is 17.0 Å². The van der Waals surface area contributed by atoms with Crippen molar-refractivity contribution < 1.29 is 19.2 Å². The fraction of sp³-hybridized carbons (Fsp3) is 0.579. The number of carbonyl (C=O) groups is 4. The van der Waals surface area contributed by atoms with Crippen LogP contribution in [0.3, 0.4) is 0 Å². The molecule has 28 heavy (non-hydrogen) atoms. The van der Waals surface area contributed by atoms with Crippen molar-refractivity contribution in [2.24, 2.45) is 5.92 Å². The molecule has 1 atom stereocenters. The van der Waals surface area contributed by atoms with E-state index in [1.165, 1.54) is 16.2 Å². The Balaban J connectivity index is 1.54. The highest BCUT2D eigenvalue weighted by molar-refractivity contribution is 7.12. The van der Waals surface area contributed by atoms with Crippen molar-refractivity contribution in [1.82, 2.24) is 20.4 Å². The topological polar surface area (TPSA) is 98.8 Å². The summed E-state index contributed by atoms with van der Waals surface area (Å²) in [5.41, 5.74) is 0. The number of rotatable bonds is 5. The van der Waals surface area contributed by atoms with Gasteiger partial charge in [-0.25, -0.2) is 0 Å². The number of piperazine rings is 1. The summed E-state index contributed by atoms with van der Waals surface area (Å²) in [6.07, 6.45) is 1.85. The number of amides is 4. The van der Waals surface area contributed by atoms with Crippen molar-refractivity contribution in [2.75, 3.05) is 26.2 Å². The van der Waals surface area contributed by atoms with Crippen LogP contribution in [0.5, 0.6) is 0 Å². The van der Waals surface area contributed by atoms with E-state index in [2.05, 4.69) is 10.6 Å². The molecule has 3 rings (SSSR count). The number of nitrogens with one attached hydrogen (secondary N) is 2. The van der Waals surface area contributed by atoms with Crippen molar-refractivity contribution in [1.29, 1.82) is 0 Å². The van der Waals surface area contributed by atoms with Crippen LogP contribution >= 0.6 is 11.3 Å². The molecule has 2 aliphatic rings. The normalized spacial score (nSPS) is 18.0. The molecular weight excluding hydrogens is 380 g/mol. The van der Waals surface area contributed by atoms with Gasteiger partial charge < -0.3 is 20.4 Å². The summed E-state index contributed by atoms with van der Waals surface area (Å²) in [5.74, 6) is -1.58. The molecule has 0 radical (unpaired) electrons. The van der Waals surface area contributed by atoms with Gasteiger partial charge in [-0.05, 0) is 30.2 Å². The smallest absolute Gasteiger partial charge is 0.312 e. The third-order valence-corrected chi connectivity index (χ3v) is 5.82. The third kappa shape index (κ3) is 4.89. The molecule has 1 saturated carbocycles. The number of hydrogen-bond donors (Lipinski definition) is 2. The number of thiophene rings is 1. The monoisotopic (exact) mass is 406 g/mol. The van der Waals surface area contributed by atoms with Crippen LogP contribution in [0, 0.1) is 5.92 Å². The van der Waals surface area contributed by atoms with Gasteiger partial charge in [0.25, 0.3) is 5.91 Å². The molecule has 4 amide bonds. The molecule has 2 heterocycles. The molecule has 2 N–H and O–H groups in total. The highest BCUT2D eigenvalue weighted by Gasteiger charge is 2.34. The average Bonchev–Trinajstić information content (AvgIpc) is 3.32. The summed E-state index contributed by atoms with van der Waals surface area (Å²) < 4.78 is 0. The van der Waals surface area contributed by atoms with Gasteiger partial charge in [-0.3, -0.25) is 19.2 Å². The van der Waals surface area contributed by atoms with Crippen LogP contribution in [-0.4, -0.2) is 71.7 Å². The first-order valence-electron chi connectivity index (χ1n) is 9.59. The van der Waals surface area contributed by atoms with Gasteiger partial charge in [-0.2, -0.15) is 0 Å². The van der Waals surface area contributed by atoms with E-state index in [1.807, 2.05) is 19.2 Å². The molecule has 1 saturated heterocycles. The van der Waals surface area contributed by atoms with E-state index >= 15 is 0 Å². The molecule has 0 aromatic carbocycles. The fourth-order valence-corrected chi connectivity index (χ4v) is 3.71. The highest BCUT2D eigenvalue weighted by atomic mass is 32.1. The summed E-state index contributed by atoms with van der Waals surface area (Å²) in [6.45, 7) is 5.09. The molecule has 2 fully saturated rings. The predicted molar refractivity (Wildman–Crippen MR) is 105 cm³/mol. The van der Waals surface area contributed by atoms with E-state index in [4.69, 9.17) is 0 Å². The minimum absolute atomic E-state index is 0.0691. The molecule has 1 aliphatic carbocycles. The summed E-state index contributed by atoms with van der Waals surface area (Å²) >= 11 is 1.33. The summed E-state index contributed by atoms with van der Waals surface area (Å²) in [5, 5.41) is 7.34. The molecule has 1 unspecified atom stereocenters. The van der Waals surface area contributed by atoms with Crippen LogP contribution < -0.4 is 10.6 Å². The lowest BCUT2D eigenvalue weighted by molar-refractivity contribution is -0.148. The maximum Gasteiger partial charge on any atom is 0.312 e. The van der Waals surface area contributed by atoms with Gasteiger partial charge in [-0.15, -0.1) is 11.3 Å². The van der Waals surface area contributed by atoms with Crippen molar-refractivity contribution in [3.63, 3.8) is 0 Å². The van der Waals surface area contributed by atoms with Crippen molar-refractivity contribution >= 4 is 35.0 Å². The SMILES string of the molecule is CC(C)C(NC(=O)c1cccs1)C(=O)N1CCN(C(=O)C(=O)NC2CC2)CC1. The second kappa shape index (κ2) is 8.72. The lowest BCUT2D eigenvalue weighted by Gasteiger charge is -2.37. The Morgan fingerprint density at radius 3 is 2.25 bits per heavy atom. The van der Waals surface area contributed by atoms with Crippen LogP contribution in [-0.2, 0) is 14.4 Å². The molecule has 8 nitrogen and oxygen atoms in total. The second-order valence-electron chi connectivity index (χ2n) is 7.54. The van der Waals surface area contributed by atoms with Gasteiger partial charge in [0.15, 0.2) is 0 Å². The second-order valence-corrected chi connectivity index (χ2v) is 8.49. The Bertz CT molecular complexity index is 737. The summed E-state index contributed by atoms with van der Waals surface area (Å²) in [7, 11) is 0. The molecule has 0 spiro atoms. The first kappa shape index (κ1) is 20.3. The number of hydrogen-bond acceptors (Lipinski definition) is 5. The van der Waals surface area contributed by atoms with Gasteiger partial charge in [-0.1, -0.05) is 19.9 Å². The Labute approximate surface area is 168 Å². The maximum absolute atomic E-state index is 12.9. The standard InChI is InChI=1S/C19H26N4O4S/c1-12(2)15(21-16(24)14-4-3-11-28-14)18(26)22-7-9-23(10-8-22)19(27)17(25)20-13-5-6-13/h3-4,11-13,15H,5-10H2,1-2H3,(H,20,25)(H,21,24). The van der Waals surface area contributed by atoms with E-state index < -0.39 is 17.9 Å². The fourth-order valence-electron chi connectivity index (χ4n) is 3.08. The maximum atomic E-state index is 12.9. The van der Waals surface area contributed by atoms with Gasteiger partial charge in [0.05, 0.1) is 4.88 Å². The van der Waals surface area contributed by atoms with Crippen LogP contribution in [0.4, 0.5) is 0 Å². The molecule has 1 aromatic heterocycles. The van der Waals surface area contributed by atoms with Gasteiger partial charge in [0.1, 0.15) is 6.04 Å². The Morgan fingerprint density at radius 2 is 1.71 bits per heavy atom. The van der Waals surface area contributed by atoms with E-state index in [0.29, 0.717) is 31.1 Å². The van der Waals surface area contributed by atoms with Gasteiger partial charge in [0, 0.05) is 32.2 Å². The van der Waals surface area contributed by atoms with E-state index in [-0.39, 0.29) is 23.8 Å². The van der Waals surface area contributed by atoms with Crippen molar-refractivity contribution in [3.05, 3.63) is 22.4 Å². The van der Waals surface area contributed by atoms with Crippen LogP contribution in [0.2, 0.25) is 0 Å². The zero-order valence-electron chi connectivity index (χ0n) is 16.1. The minimum Gasteiger partial charge on any atom is -0.345 e. The average molecular weight is 407 g/mol. The van der Waals surface area contributed by atoms with Crippen LogP contribution in [0.25, 0.3) is 0 Å². The van der Waals surface area contributed by atoms with Crippen LogP contribution in [0.1, 0.15) is 36.4 Å². The van der Waals surface area contributed by atoms with Crippen LogP contribution in [0.15, 0.2) is 17.5 Å². The molecule has 0 bridgehead atoms. The Hall–Kier alpha value is -2.42. The van der Waals surface area contributed by atoms with E-state index in [0.717, 1.165) is 12.8 Å². The minimum atomic E-state index is -0.630. The van der Waals surface area contributed by atoms with Gasteiger partial charge >= 0.3 is 11.8 Å². The molecular formula is C19H26N4O4S. The Morgan fingerprint density at radius 1 is 1.07 bits per heavy atom. The predicted octanol–water partition coefficient (Wildman–Crippen LogP) is 0.452. The first-order valence-corrected chi connectivity index (χ1v) is 10.5. The quantitative estimate of drug-likeness (QED) is 0.694. The number of carbonyl (C=O) groups excluding carboxylic acids is 4. The zero-order chi connectivity index (χ0) is 20.3. The summed E-state index contributed by atoms with van der Waals surface area (Å²) in [6, 6.07) is 3.02. The molecule has 152 valence electrons. The largest absolute Gasteiger partial charge is 0.345 e. The number of nitrogens with zero attached hydrogens (tertiary/aromatic N) is 2. The van der Waals surface area contributed by atoms with Gasteiger partial charge in [0.2, 0.25) is 5.91 Å². The lowest BCUT2D eigenvalue weighted by Crippen LogP contribution is -2.58. The third-order valence-electron chi connectivity index (χ3n) is 4.95. The van der Waals surface area contributed by atoms with Crippen molar-refractivity contribution in [2.45, 2.75) is 38.8 Å². The Kier molecular flexibility index (Phi) is 6.33. The first-order chi connectivity index (χ1) is 13.4.